The van der Waals surface area contributed by atoms with Gasteiger partial charge in [0.05, 0.1) is 6.61 Å². The summed E-state index contributed by atoms with van der Waals surface area (Å²) in [7, 11) is 0. The van der Waals surface area contributed by atoms with E-state index in [1.807, 2.05) is 48.5 Å². The van der Waals surface area contributed by atoms with Crippen molar-refractivity contribution in [2.75, 3.05) is 32.8 Å². The summed E-state index contributed by atoms with van der Waals surface area (Å²) in [5.41, 5.74) is -1.06. The van der Waals surface area contributed by atoms with Gasteiger partial charge in [-0.3, -0.25) is 4.90 Å². The van der Waals surface area contributed by atoms with Crippen LogP contribution in [0.1, 0.15) is 44.4 Å². The molecule has 0 aromatic heterocycles. The summed E-state index contributed by atoms with van der Waals surface area (Å²) in [4.78, 5) is 15.3. The molecule has 2 unspecified atom stereocenters. The van der Waals surface area contributed by atoms with Crippen LogP contribution in [-0.4, -0.2) is 61.4 Å². The van der Waals surface area contributed by atoms with E-state index < -0.39 is 11.6 Å². The number of carbonyl (C=O) groups excluding carboxylic acids is 1. The lowest BCUT2D eigenvalue weighted by molar-refractivity contribution is -0.151. The number of likely N-dealkylation sites (tertiary alicyclic amines) is 1. The average molecular weight is 657 g/mol. The summed E-state index contributed by atoms with van der Waals surface area (Å²) >= 11 is -0.0787. The second kappa shape index (κ2) is 14.7. The van der Waals surface area contributed by atoms with Crippen molar-refractivity contribution in [2.24, 2.45) is 11.8 Å². The number of esters is 1. The van der Waals surface area contributed by atoms with Gasteiger partial charge < -0.3 is 19.5 Å². The molecule has 6 nitrogen and oxygen atoms in total. The molecule has 0 bridgehead atoms. The fourth-order valence-corrected chi connectivity index (χ4v) is 6.58. The molecule has 1 saturated carbocycles. The second-order valence-electron chi connectivity index (χ2n) is 13.0. The maximum Gasteiger partial charge on any atom is 0.446 e. The van der Waals surface area contributed by atoms with Gasteiger partial charge in [-0.15, -0.1) is 0 Å². The summed E-state index contributed by atoms with van der Waals surface area (Å²) in [6.45, 7) is 12.5. The minimum Gasteiger partial charge on any atom is -0.492 e. The number of nitrogens with zero attached hydrogens (tertiary/aromatic N) is 1. The van der Waals surface area contributed by atoms with Crippen molar-refractivity contribution in [2.45, 2.75) is 68.6 Å². The Kier molecular flexibility index (Phi) is 10.9. The van der Waals surface area contributed by atoms with E-state index in [0.29, 0.717) is 36.7 Å². The minimum absolute atomic E-state index is 0.0299. The molecule has 1 N–H and O–H groups in total. The molecule has 46 heavy (non-hydrogen) atoms. The zero-order valence-electron chi connectivity index (χ0n) is 26.8. The van der Waals surface area contributed by atoms with E-state index in [9.17, 15) is 18.0 Å². The van der Waals surface area contributed by atoms with Gasteiger partial charge in [0.1, 0.15) is 18.1 Å². The molecule has 0 spiro atoms. The number of nitrogens with one attached hydrogen (secondary N) is 1. The molecule has 1 heterocycles. The highest BCUT2D eigenvalue weighted by molar-refractivity contribution is 8.00. The molecule has 3 aromatic rings. The Balaban J connectivity index is 1.01. The number of hydrogen-bond acceptors (Lipinski definition) is 7. The number of benzene rings is 3. The first-order valence-electron chi connectivity index (χ1n) is 15.8. The Bertz CT molecular complexity index is 1410. The lowest BCUT2D eigenvalue weighted by Crippen LogP contribution is -2.33. The highest BCUT2D eigenvalue weighted by Crippen LogP contribution is 2.46. The first-order chi connectivity index (χ1) is 21.9. The molecular weight excluding hydrogens is 613 g/mol. The number of carbonyl (C=O) groups is 1. The van der Waals surface area contributed by atoms with Gasteiger partial charge in [0.15, 0.2) is 6.10 Å². The second-order valence-corrected chi connectivity index (χ2v) is 14.2. The van der Waals surface area contributed by atoms with E-state index in [4.69, 9.17) is 14.2 Å². The minimum atomic E-state index is -4.26. The van der Waals surface area contributed by atoms with Crippen molar-refractivity contribution in [1.29, 1.82) is 0 Å². The first-order valence-corrected chi connectivity index (χ1v) is 16.7. The first kappa shape index (κ1) is 34.1. The van der Waals surface area contributed by atoms with Crippen LogP contribution in [0.15, 0.2) is 77.7 Å². The fourth-order valence-electron chi connectivity index (χ4n) is 6.04. The van der Waals surface area contributed by atoms with Crippen LogP contribution in [0.3, 0.4) is 0 Å². The van der Waals surface area contributed by atoms with Gasteiger partial charge in [0.2, 0.25) is 0 Å². The quantitative estimate of drug-likeness (QED) is 0.112. The third-order valence-corrected chi connectivity index (χ3v) is 9.22. The fraction of sp³-hybridized carbons (Fsp3) is 0.472. The lowest BCUT2D eigenvalue weighted by Gasteiger charge is -2.21. The Morgan fingerprint density at radius 1 is 0.913 bits per heavy atom. The maximum absolute atomic E-state index is 12.7. The van der Waals surface area contributed by atoms with Crippen molar-refractivity contribution in [3.63, 3.8) is 0 Å². The van der Waals surface area contributed by atoms with Crippen LogP contribution in [0.5, 0.6) is 11.5 Å². The van der Waals surface area contributed by atoms with E-state index in [1.54, 1.807) is 31.2 Å². The van der Waals surface area contributed by atoms with Gasteiger partial charge in [0.25, 0.3) is 0 Å². The molecule has 0 radical (unpaired) electrons. The third kappa shape index (κ3) is 9.65. The zero-order valence-corrected chi connectivity index (χ0v) is 27.6. The SMILES string of the molecule is CCOC(=O)[C@H](Cc1ccc(OCCNC2C3CN(Cc4ccc(SC(F)(F)F)cc4)C[C@@H]32)cc1)Oc1ccc(C(C)(C)C)cc1. The molecule has 1 aliphatic carbocycles. The van der Waals surface area contributed by atoms with Crippen LogP contribution in [0, 0.1) is 11.8 Å². The van der Waals surface area contributed by atoms with Gasteiger partial charge in [0, 0.05) is 43.5 Å². The van der Waals surface area contributed by atoms with E-state index in [0.717, 1.165) is 43.1 Å². The van der Waals surface area contributed by atoms with Crippen molar-refractivity contribution in [1.82, 2.24) is 10.2 Å². The summed E-state index contributed by atoms with van der Waals surface area (Å²) < 4.78 is 55.0. The maximum atomic E-state index is 12.7. The molecule has 2 aliphatic rings. The van der Waals surface area contributed by atoms with Gasteiger partial charge in [-0.05, 0) is 89.0 Å². The Labute approximate surface area is 274 Å². The monoisotopic (exact) mass is 656 g/mol. The topological polar surface area (TPSA) is 60.0 Å². The largest absolute Gasteiger partial charge is 0.492 e. The molecule has 1 saturated heterocycles. The molecule has 10 heteroatoms. The Hall–Kier alpha value is -3.21. The van der Waals surface area contributed by atoms with Crippen molar-refractivity contribution in [3.05, 3.63) is 89.5 Å². The highest BCUT2D eigenvalue weighted by atomic mass is 32.2. The van der Waals surface area contributed by atoms with E-state index in [1.165, 1.54) is 5.56 Å². The highest BCUT2D eigenvalue weighted by Gasteiger charge is 2.55. The molecule has 3 aromatic carbocycles. The summed E-state index contributed by atoms with van der Waals surface area (Å²) in [6, 6.07) is 22.7. The van der Waals surface area contributed by atoms with Gasteiger partial charge >= 0.3 is 11.5 Å². The number of halogens is 3. The van der Waals surface area contributed by atoms with Gasteiger partial charge in [-0.1, -0.05) is 57.2 Å². The number of fused-ring (bicyclic) bond motifs is 1. The Morgan fingerprint density at radius 2 is 1.52 bits per heavy atom. The van der Waals surface area contributed by atoms with Gasteiger partial charge in [-0.2, -0.15) is 13.2 Å². The molecule has 248 valence electrons. The summed E-state index contributed by atoms with van der Waals surface area (Å²) in [6.07, 6.45) is -0.376. The number of piperidine rings is 1. The van der Waals surface area contributed by atoms with E-state index in [-0.39, 0.29) is 34.6 Å². The predicted octanol–water partition coefficient (Wildman–Crippen LogP) is 7.25. The van der Waals surface area contributed by atoms with E-state index in [2.05, 4.69) is 31.0 Å². The number of hydrogen-bond donors (Lipinski definition) is 1. The van der Waals surface area contributed by atoms with Crippen molar-refractivity contribution < 1.29 is 32.2 Å². The molecule has 0 amide bonds. The van der Waals surface area contributed by atoms with Gasteiger partial charge in [-0.25, -0.2) is 4.79 Å². The summed E-state index contributed by atoms with van der Waals surface area (Å²) in [5.74, 6) is 2.21. The number of thioether (sulfide) groups is 1. The molecule has 2 fully saturated rings. The smallest absolute Gasteiger partial charge is 0.446 e. The van der Waals surface area contributed by atoms with Crippen LogP contribution in [0.2, 0.25) is 0 Å². The number of rotatable bonds is 14. The average Bonchev–Trinajstić information content (AvgIpc) is 3.45. The molecule has 1 aliphatic heterocycles. The van der Waals surface area contributed by atoms with Crippen LogP contribution >= 0.6 is 11.8 Å². The molecule has 5 rings (SSSR count). The molecule has 4 atom stereocenters. The third-order valence-electron chi connectivity index (χ3n) is 8.48. The van der Waals surface area contributed by atoms with Crippen LogP contribution < -0.4 is 14.8 Å². The summed E-state index contributed by atoms with van der Waals surface area (Å²) in [5, 5.41) is 3.61. The van der Waals surface area contributed by atoms with Crippen molar-refractivity contribution >= 4 is 17.7 Å². The van der Waals surface area contributed by atoms with Crippen LogP contribution in [0.25, 0.3) is 0 Å². The Morgan fingerprint density at radius 3 is 2.11 bits per heavy atom. The lowest BCUT2D eigenvalue weighted by atomic mass is 9.87. The number of ether oxygens (including phenoxy) is 3. The number of alkyl halides is 3. The predicted molar refractivity (Wildman–Crippen MR) is 174 cm³/mol. The van der Waals surface area contributed by atoms with E-state index >= 15 is 0 Å². The normalized spacial score (nSPS) is 20.2. The van der Waals surface area contributed by atoms with Crippen LogP contribution in [0.4, 0.5) is 13.2 Å². The standard InChI is InChI=1S/C36H43F3N2O4S/c1-5-43-34(42)32(45-28-14-10-26(11-15-28)35(2,3)4)20-24-6-12-27(13-7-24)44-19-18-40-33-30-22-41(23-31(30)33)21-25-8-16-29(17-9-25)46-36(37,38)39/h6-17,30-33,40H,5,18-23H2,1-4H3/t30-,31?,32-,33?/m0/s1. The van der Waals surface area contributed by atoms with Crippen LogP contribution in [-0.2, 0) is 27.9 Å². The van der Waals surface area contributed by atoms with Crippen molar-refractivity contribution in [3.8, 4) is 11.5 Å². The molecular formula is C36H43F3N2O4S. The zero-order chi connectivity index (χ0) is 32.9.